The van der Waals surface area contributed by atoms with Gasteiger partial charge in [0.2, 0.25) is 5.96 Å². The van der Waals surface area contributed by atoms with Gasteiger partial charge < -0.3 is 16.4 Å². The summed E-state index contributed by atoms with van der Waals surface area (Å²) >= 11 is 0. The van der Waals surface area contributed by atoms with Gasteiger partial charge in [-0.3, -0.25) is 0 Å². The second-order valence-corrected chi connectivity index (χ2v) is 8.66. The summed E-state index contributed by atoms with van der Waals surface area (Å²) in [6.07, 6.45) is 9.03. The maximum absolute atomic E-state index is 11.2. The molecule has 4 N–H and O–H groups in total. The van der Waals surface area contributed by atoms with Crippen LogP contribution in [0.15, 0.2) is 28.7 Å². The van der Waals surface area contributed by atoms with E-state index in [1.54, 1.807) is 0 Å². The number of anilines is 1. The maximum Gasteiger partial charge on any atom is 0.253 e. The Morgan fingerprint density at radius 2 is 1.96 bits per heavy atom. The first-order chi connectivity index (χ1) is 11.8. The van der Waals surface area contributed by atoms with Crippen LogP contribution in [0.4, 0.5) is 5.69 Å². The van der Waals surface area contributed by atoms with E-state index in [0.717, 1.165) is 23.4 Å². The Labute approximate surface area is 151 Å². The topological polar surface area (TPSA) is 96.6 Å². The molecule has 1 unspecified atom stereocenters. The van der Waals surface area contributed by atoms with Crippen LogP contribution >= 0.6 is 0 Å². The van der Waals surface area contributed by atoms with Crippen molar-refractivity contribution in [2.24, 2.45) is 16.0 Å². The van der Waals surface area contributed by atoms with Gasteiger partial charge in [0.15, 0.2) is 0 Å². The molecule has 1 fully saturated rings. The summed E-state index contributed by atoms with van der Waals surface area (Å²) < 4.78 is 25.9. The van der Waals surface area contributed by atoms with Crippen LogP contribution in [0.1, 0.15) is 51.0 Å². The lowest BCUT2D eigenvalue weighted by Crippen LogP contribution is -2.29. The molecule has 25 heavy (non-hydrogen) atoms. The Morgan fingerprint density at radius 1 is 1.28 bits per heavy atom. The van der Waals surface area contributed by atoms with Crippen molar-refractivity contribution < 1.29 is 8.42 Å². The molecule has 7 heteroatoms. The average Bonchev–Trinajstić information content (AvgIpc) is 2.53. The minimum Gasteiger partial charge on any atom is -0.369 e. The molecule has 140 valence electrons. The summed E-state index contributed by atoms with van der Waals surface area (Å²) in [5.74, 6) is 0.715. The number of rotatable bonds is 7. The first kappa shape index (κ1) is 19.7. The molecule has 0 bridgehead atoms. The van der Waals surface area contributed by atoms with Crippen LogP contribution in [-0.4, -0.2) is 26.7 Å². The zero-order chi connectivity index (χ0) is 18.3. The quantitative estimate of drug-likeness (QED) is 0.509. The largest absolute Gasteiger partial charge is 0.369 e. The first-order valence-electron chi connectivity index (χ1n) is 8.97. The van der Waals surface area contributed by atoms with Crippen LogP contribution < -0.4 is 16.4 Å². The lowest BCUT2D eigenvalue weighted by Gasteiger charge is -2.25. The molecule has 1 aromatic carbocycles. The highest BCUT2D eigenvalue weighted by Crippen LogP contribution is 2.27. The molecule has 0 heterocycles. The normalized spacial score (nSPS) is 18.1. The third kappa shape index (κ3) is 7.44. The number of hydrogen-bond acceptors (Lipinski definition) is 3. The summed E-state index contributed by atoms with van der Waals surface area (Å²) in [4.78, 5) is 0. The minimum absolute atomic E-state index is 0.120. The van der Waals surface area contributed by atoms with Gasteiger partial charge in [-0.2, -0.15) is 0 Å². The van der Waals surface area contributed by atoms with Crippen molar-refractivity contribution in [2.45, 2.75) is 58.0 Å². The minimum atomic E-state index is -3.51. The smallest absolute Gasteiger partial charge is 0.253 e. The summed E-state index contributed by atoms with van der Waals surface area (Å²) in [6.45, 7) is 2.92. The van der Waals surface area contributed by atoms with E-state index in [4.69, 9.17) is 5.73 Å². The highest BCUT2D eigenvalue weighted by atomic mass is 32.2. The van der Waals surface area contributed by atoms with Crippen LogP contribution in [0.2, 0.25) is 0 Å². The van der Waals surface area contributed by atoms with Crippen molar-refractivity contribution >= 4 is 21.7 Å². The second kappa shape index (κ2) is 9.20. The van der Waals surface area contributed by atoms with Gasteiger partial charge in [0.05, 0.1) is 6.26 Å². The molecular formula is C18H30N4O2S. The van der Waals surface area contributed by atoms with Gasteiger partial charge in [0, 0.05) is 18.3 Å². The van der Waals surface area contributed by atoms with Crippen molar-refractivity contribution in [3.05, 3.63) is 29.8 Å². The zero-order valence-corrected chi connectivity index (χ0v) is 16.0. The predicted octanol–water partition coefficient (Wildman–Crippen LogP) is 2.82. The zero-order valence-electron chi connectivity index (χ0n) is 15.2. The number of nitrogens with two attached hydrogens (primary N) is 1. The Hall–Kier alpha value is -1.60. The molecule has 0 amide bonds. The number of para-hydroxylation sites is 1. The van der Waals surface area contributed by atoms with E-state index < -0.39 is 10.0 Å². The molecular weight excluding hydrogens is 336 g/mol. The van der Waals surface area contributed by atoms with E-state index in [1.165, 1.54) is 38.5 Å². The number of sulfonamides is 1. The molecule has 0 spiro atoms. The van der Waals surface area contributed by atoms with E-state index in [-0.39, 0.29) is 5.96 Å². The van der Waals surface area contributed by atoms with Crippen molar-refractivity contribution in [2.75, 3.05) is 11.6 Å². The number of guanidine groups is 1. The van der Waals surface area contributed by atoms with Crippen molar-refractivity contribution in [3.8, 4) is 0 Å². The fourth-order valence-electron chi connectivity index (χ4n) is 3.43. The van der Waals surface area contributed by atoms with Gasteiger partial charge in [0.1, 0.15) is 0 Å². The summed E-state index contributed by atoms with van der Waals surface area (Å²) in [6, 6.07) is 8.14. The molecule has 0 radical (unpaired) electrons. The third-order valence-corrected chi connectivity index (χ3v) is 5.13. The summed E-state index contributed by atoms with van der Waals surface area (Å²) in [7, 11) is -3.51. The summed E-state index contributed by atoms with van der Waals surface area (Å²) in [5.41, 5.74) is 7.48. The first-order valence-corrected chi connectivity index (χ1v) is 10.8. The molecule has 1 aliphatic carbocycles. The molecule has 1 aromatic rings. The van der Waals surface area contributed by atoms with Gasteiger partial charge >= 0.3 is 0 Å². The maximum atomic E-state index is 11.2. The molecule has 0 aromatic heterocycles. The highest BCUT2D eigenvalue weighted by Gasteiger charge is 2.16. The lowest BCUT2D eigenvalue weighted by atomic mass is 9.85. The van der Waals surface area contributed by atoms with Crippen LogP contribution in [0.25, 0.3) is 0 Å². The standard InChI is InChI=1S/C18H30N4O2S/c1-14(12-15-8-4-3-5-9-15)20-13-16-10-6-7-11-17(16)21-18(19)22-25(2,23)24/h6-7,10-11,14-15,20H,3-5,8-9,12-13H2,1-2H3,(H3,19,21,22). The fraction of sp³-hybridized carbons (Fsp3) is 0.611. The van der Waals surface area contributed by atoms with E-state index >= 15 is 0 Å². The Morgan fingerprint density at radius 3 is 2.64 bits per heavy atom. The molecule has 6 nitrogen and oxygen atoms in total. The molecule has 1 saturated carbocycles. The number of hydrogen-bond donors (Lipinski definition) is 3. The van der Waals surface area contributed by atoms with E-state index in [0.29, 0.717) is 12.6 Å². The van der Waals surface area contributed by atoms with E-state index in [1.807, 2.05) is 24.3 Å². The third-order valence-electron chi connectivity index (χ3n) is 4.60. The lowest BCUT2D eigenvalue weighted by molar-refractivity contribution is 0.305. The van der Waals surface area contributed by atoms with E-state index in [9.17, 15) is 8.42 Å². The SMILES string of the molecule is CC(CC1CCCCC1)NCc1ccccc1N/C(N)=N/S(C)(=O)=O. The van der Waals surface area contributed by atoms with Crippen molar-refractivity contribution in [1.82, 2.24) is 5.32 Å². The van der Waals surface area contributed by atoms with Crippen LogP contribution in [0.5, 0.6) is 0 Å². The van der Waals surface area contributed by atoms with Gasteiger partial charge in [0.25, 0.3) is 10.0 Å². The average molecular weight is 367 g/mol. The number of nitrogens with zero attached hydrogens (tertiary/aromatic N) is 1. The molecule has 1 aliphatic rings. The van der Waals surface area contributed by atoms with Crippen molar-refractivity contribution in [3.63, 3.8) is 0 Å². The summed E-state index contributed by atoms with van der Waals surface area (Å²) in [5, 5.41) is 6.45. The Balaban J connectivity index is 1.92. The second-order valence-electron chi connectivity index (χ2n) is 7.01. The van der Waals surface area contributed by atoms with Gasteiger partial charge in [-0.25, -0.2) is 8.42 Å². The molecule has 2 rings (SSSR count). The monoisotopic (exact) mass is 366 g/mol. The Bertz CT molecular complexity index is 682. The molecule has 0 aliphatic heterocycles. The van der Waals surface area contributed by atoms with Gasteiger partial charge in [-0.05, 0) is 30.9 Å². The van der Waals surface area contributed by atoms with Crippen LogP contribution in [-0.2, 0) is 16.6 Å². The number of benzene rings is 1. The molecule has 0 saturated heterocycles. The number of nitrogens with one attached hydrogen (secondary N) is 2. The Kier molecular flexibility index (Phi) is 7.25. The highest BCUT2D eigenvalue weighted by molar-refractivity contribution is 7.89. The molecule has 1 atom stereocenters. The van der Waals surface area contributed by atoms with Gasteiger partial charge in [-0.15, -0.1) is 4.40 Å². The predicted molar refractivity (Wildman–Crippen MR) is 104 cm³/mol. The van der Waals surface area contributed by atoms with Crippen LogP contribution in [0.3, 0.4) is 0 Å². The van der Waals surface area contributed by atoms with E-state index in [2.05, 4.69) is 22.0 Å². The fourth-order valence-corrected chi connectivity index (χ4v) is 3.83. The van der Waals surface area contributed by atoms with Gasteiger partial charge in [-0.1, -0.05) is 50.3 Å². The van der Waals surface area contributed by atoms with Crippen LogP contribution in [0, 0.1) is 5.92 Å². The van der Waals surface area contributed by atoms with Crippen molar-refractivity contribution in [1.29, 1.82) is 0 Å².